The van der Waals surface area contributed by atoms with E-state index in [4.69, 9.17) is 0 Å². The Balaban J connectivity index is 1.43. The van der Waals surface area contributed by atoms with E-state index in [1.54, 1.807) is 30.2 Å². The molecule has 9 nitrogen and oxygen atoms in total. The molecule has 1 aliphatic rings. The third-order valence-corrected chi connectivity index (χ3v) is 7.60. The van der Waals surface area contributed by atoms with Crippen LogP contribution in [-0.2, 0) is 16.2 Å². The molecule has 178 valence electrons. The number of para-hydroxylation sites is 1. The van der Waals surface area contributed by atoms with Crippen LogP contribution in [-0.4, -0.2) is 63.5 Å². The first-order chi connectivity index (χ1) is 16.0. The molecular weight excluding hydrogens is 471 g/mol. The maximum Gasteiger partial charge on any atom is 0.453 e. The number of sulfonamides is 1. The summed E-state index contributed by atoms with van der Waals surface area (Å²) >= 11 is 0. The van der Waals surface area contributed by atoms with E-state index >= 15 is 0 Å². The van der Waals surface area contributed by atoms with Gasteiger partial charge in [-0.25, -0.2) is 13.4 Å². The molecule has 0 radical (unpaired) electrons. The summed E-state index contributed by atoms with van der Waals surface area (Å²) in [4.78, 5) is 13.8. The molecule has 4 heterocycles. The number of aromatic nitrogens is 5. The normalized spacial score (nSPS) is 16.0. The molecule has 0 atom stereocenters. The van der Waals surface area contributed by atoms with E-state index in [0.717, 1.165) is 15.5 Å². The van der Waals surface area contributed by atoms with Crippen LogP contribution < -0.4 is 4.90 Å². The van der Waals surface area contributed by atoms with Crippen molar-refractivity contribution in [1.29, 1.82) is 0 Å². The Kier molecular flexibility index (Phi) is 5.20. The SMILES string of the molecule is Cc1cnc2c(S(=O)(=O)N3CCN(c4cc(C)nc5nc(C(F)(F)F)nn45)CC3)cccc2c1. The van der Waals surface area contributed by atoms with E-state index in [1.165, 1.54) is 10.4 Å². The van der Waals surface area contributed by atoms with E-state index in [-0.39, 0.29) is 36.9 Å². The van der Waals surface area contributed by atoms with Gasteiger partial charge in [0, 0.05) is 49.5 Å². The summed E-state index contributed by atoms with van der Waals surface area (Å²) in [6, 6.07) is 8.53. The van der Waals surface area contributed by atoms with Gasteiger partial charge in [0.05, 0.1) is 5.52 Å². The molecule has 34 heavy (non-hydrogen) atoms. The van der Waals surface area contributed by atoms with Crippen LogP contribution in [0.4, 0.5) is 19.0 Å². The van der Waals surface area contributed by atoms with Crippen molar-refractivity contribution in [3.05, 3.63) is 53.6 Å². The lowest BCUT2D eigenvalue weighted by molar-refractivity contribution is -0.144. The Morgan fingerprint density at radius 2 is 1.74 bits per heavy atom. The summed E-state index contributed by atoms with van der Waals surface area (Å²) < 4.78 is 68.6. The third kappa shape index (κ3) is 3.84. The van der Waals surface area contributed by atoms with Gasteiger partial charge in [-0.2, -0.15) is 27.0 Å². The molecule has 1 aliphatic heterocycles. The maximum absolute atomic E-state index is 13.4. The number of hydrogen-bond donors (Lipinski definition) is 0. The van der Waals surface area contributed by atoms with Crippen LogP contribution >= 0.6 is 0 Å². The van der Waals surface area contributed by atoms with Crippen molar-refractivity contribution in [2.75, 3.05) is 31.1 Å². The summed E-state index contributed by atoms with van der Waals surface area (Å²) in [6.45, 7) is 4.36. The lowest BCUT2D eigenvalue weighted by Crippen LogP contribution is -2.49. The van der Waals surface area contributed by atoms with E-state index in [9.17, 15) is 21.6 Å². The van der Waals surface area contributed by atoms with Crippen molar-refractivity contribution in [3.8, 4) is 0 Å². The van der Waals surface area contributed by atoms with Crippen LogP contribution in [0.2, 0.25) is 0 Å². The molecule has 1 saturated heterocycles. The number of anilines is 1. The van der Waals surface area contributed by atoms with Crippen LogP contribution in [0.15, 0.2) is 41.4 Å². The summed E-state index contributed by atoms with van der Waals surface area (Å²) in [5.41, 5.74) is 1.82. The number of nitrogens with zero attached hydrogens (tertiary/aromatic N) is 7. The first kappa shape index (κ1) is 22.5. The van der Waals surface area contributed by atoms with Gasteiger partial charge in [0.25, 0.3) is 11.6 Å². The lowest BCUT2D eigenvalue weighted by atomic mass is 10.2. The third-order valence-electron chi connectivity index (χ3n) is 5.67. The fraction of sp³-hybridized carbons (Fsp3) is 0.333. The van der Waals surface area contributed by atoms with Gasteiger partial charge in [-0.05, 0) is 31.5 Å². The van der Waals surface area contributed by atoms with Crippen LogP contribution in [0.5, 0.6) is 0 Å². The molecule has 3 aromatic heterocycles. The van der Waals surface area contributed by atoms with Crippen LogP contribution in [0.25, 0.3) is 16.7 Å². The first-order valence-corrected chi connectivity index (χ1v) is 11.9. The average Bonchev–Trinajstić information content (AvgIpc) is 3.22. The smallest absolute Gasteiger partial charge is 0.354 e. The molecular formula is C21H20F3N7O2S. The van der Waals surface area contributed by atoms with Crippen molar-refractivity contribution in [1.82, 2.24) is 28.9 Å². The number of piperazine rings is 1. The number of fused-ring (bicyclic) bond motifs is 2. The molecule has 1 aromatic carbocycles. The molecule has 0 aliphatic carbocycles. The number of hydrogen-bond acceptors (Lipinski definition) is 7. The molecule has 0 saturated carbocycles. The van der Waals surface area contributed by atoms with Crippen molar-refractivity contribution in [2.45, 2.75) is 24.9 Å². The Hall–Kier alpha value is -3.32. The standard InChI is InChI=1S/C21H20F3N7O2S/c1-13-10-15-4-3-5-16(18(15)25-12-13)34(32,33)30-8-6-29(7-9-30)17-11-14(2)26-20-27-19(21(22,23)24)28-31(17)20/h3-5,10-12H,6-9H2,1-2H3. The van der Waals surface area contributed by atoms with Gasteiger partial charge in [0.1, 0.15) is 10.7 Å². The van der Waals surface area contributed by atoms with E-state index in [1.807, 2.05) is 19.1 Å². The summed E-state index contributed by atoms with van der Waals surface area (Å²) in [7, 11) is -3.82. The summed E-state index contributed by atoms with van der Waals surface area (Å²) in [5, 5.41) is 4.33. The summed E-state index contributed by atoms with van der Waals surface area (Å²) in [5.74, 6) is -1.05. The van der Waals surface area contributed by atoms with Gasteiger partial charge in [-0.3, -0.25) is 4.98 Å². The maximum atomic E-state index is 13.4. The number of benzene rings is 1. The number of alkyl halides is 3. The van der Waals surface area contributed by atoms with Crippen LogP contribution in [0, 0.1) is 13.8 Å². The highest BCUT2D eigenvalue weighted by Crippen LogP contribution is 2.29. The quantitative estimate of drug-likeness (QED) is 0.435. The molecule has 0 spiro atoms. The van der Waals surface area contributed by atoms with E-state index in [0.29, 0.717) is 17.0 Å². The Morgan fingerprint density at radius 3 is 2.44 bits per heavy atom. The van der Waals surface area contributed by atoms with E-state index < -0.39 is 22.0 Å². The van der Waals surface area contributed by atoms with Gasteiger partial charge < -0.3 is 4.90 Å². The minimum atomic E-state index is -4.70. The Labute approximate surface area is 192 Å². The highest BCUT2D eigenvalue weighted by Gasteiger charge is 2.37. The van der Waals surface area contributed by atoms with Crippen LogP contribution in [0.3, 0.4) is 0 Å². The van der Waals surface area contributed by atoms with Gasteiger partial charge in [0.2, 0.25) is 10.0 Å². The zero-order chi connectivity index (χ0) is 24.3. The Morgan fingerprint density at radius 1 is 1.00 bits per heavy atom. The topological polar surface area (TPSA) is 96.6 Å². The van der Waals surface area contributed by atoms with Gasteiger partial charge >= 0.3 is 6.18 Å². The average molecular weight is 491 g/mol. The number of aryl methyl sites for hydroxylation is 2. The minimum absolute atomic E-state index is 0.131. The van der Waals surface area contributed by atoms with E-state index in [2.05, 4.69) is 20.1 Å². The Bertz CT molecular complexity index is 1510. The van der Waals surface area contributed by atoms with Gasteiger partial charge in [-0.15, -0.1) is 5.10 Å². The predicted molar refractivity (Wildman–Crippen MR) is 118 cm³/mol. The van der Waals surface area contributed by atoms with Crippen molar-refractivity contribution >= 4 is 32.5 Å². The second-order valence-corrected chi connectivity index (χ2v) is 10.0. The highest BCUT2D eigenvalue weighted by molar-refractivity contribution is 7.89. The molecule has 5 rings (SSSR count). The fourth-order valence-corrected chi connectivity index (χ4v) is 5.65. The molecule has 0 amide bonds. The summed E-state index contributed by atoms with van der Waals surface area (Å²) in [6.07, 6.45) is -3.07. The van der Waals surface area contributed by atoms with Gasteiger partial charge in [0.15, 0.2) is 0 Å². The lowest BCUT2D eigenvalue weighted by Gasteiger charge is -2.35. The van der Waals surface area contributed by atoms with Crippen molar-refractivity contribution in [3.63, 3.8) is 0 Å². The largest absolute Gasteiger partial charge is 0.453 e. The molecule has 13 heteroatoms. The number of halogens is 3. The zero-order valence-corrected chi connectivity index (χ0v) is 19.1. The molecule has 0 bridgehead atoms. The second-order valence-electron chi connectivity index (χ2n) is 8.13. The predicted octanol–water partition coefficient (Wildman–Crippen LogP) is 2.82. The molecule has 1 fully saturated rings. The van der Waals surface area contributed by atoms with Crippen LogP contribution in [0.1, 0.15) is 17.1 Å². The second kappa shape index (κ2) is 7.87. The fourth-order valence-electron chi connectivity index (χ4n) is 4.06. The number of rotatable bonds is 3. The minimum Gasteiger partial charge on any atom is -0.354 e. The monoisotopic (exact) mass is 491 g/mol. The molecule has 0 unspecified atom stereocenters. The zero-order valence-electron chi connectivity index (χ0n) is 18.3. The van der Waals surface area contributed by atoms with Gasteiger partial charge in [-0.1, -0.05) is 12.1 Å². The van der Waals surface area contributed by atoms with Crippen molar-refractivity contribution < 1.29 is 21.6 Å². The highest BCUT2D eigenvalue weighted by atomic mass is 32.2. The van der Waals surface area contributed by atoms with Crippen molar-refractivity contribution in [2.24, 2.45) is 0 Å². The molecule has 0 N–H and O–H groups in total. The molecule has 4 aromatic rings. The number of pyridine rings is 1. The first-order valence-electron chi connectivity index (χ1n) is 10.5.